The van der Waals surface area contributed by atoms with Gasteiger partial charge in [-0.05, 0) is 55.4 Å². The van der Waals surface area contributed by atoms with Crippen molar-refractivity contribution in [3.05, 3.63) is 41.4 Å². The second kappa shape index (κ2) is 8.72. The van der Waals surface area contributed by atoms with Crippen LogP contribution in [0.2, 0.25) is 5.02 Å². The Labute approximate surface area is 154 Å². The third-order valence-electron chi connectivity index (χ3n) is 4.52. The standard InChI is InChI=1S/C18H24ClNO4S/c19-15-7-9-16(10-8-15)20-25(23,24)14-18(12-4-5-13-18)11-3-1-2-6-17(21)22/h1,3,7-10,20H,2,4-6,11-14H2,(H,21,22)/b3-1-. The zero-order chi connectivity index (χ0) is 18.3. The van der Waals surface area contributed by atoms with Crippen molar-refractivity contribution >= 4 is 33.3 Å². The number of rotatable bonds is 9. The lowest BCUT2D eigenvalue weighted by atomic mass is 9.84. The van der Waals surface area contributed by atoms with E-state index in [1.165, 1.54) is 0 Å². The first-order valence-electron chi connectivity index (χ1n) is 8.43. The Bertz CT molecular complexity index is 707. The number of sulfonamides is 1. The lowest BCUT2D eigenvalue weighted by Crippen LogP contribution is -2.30. The predicted octanol–water partition coefficient (Wildman–Crippen LogP) is 4.45. The molecule has 0 atom stereocenters. The summed E-state index contributed by atoms with van der Waals surface area (Å²) in [5.74, 6) is -0.749. The molecule has 5 nitrogen and oxygen atoms in total. The Morgan fingerprint density at radius 1 is 1.20 bits per heavy atom. The van der Waals surface area contributed by atoms with Crippen molar-refractivity contribution in [3.63, 3.8) is 0 Å². The molecule has 1 aromatic carbocycles. The summed E-state index contributed by atoms with van der Waals surface area (Å²) >= 11 is 5.82. The van der Waals surface area contributed by atoms with Crippen molar-refractivity contribution in [2.75, 3.05) is 10.5 Å². The second-order valence-electron chi connectivity index (χ2n) is 6.68. The molecule has 2 rings (SSSR count). The van der Waals surface area contributed by atoms with Gasteiger partial charge in [-0.25, -0.2) is 8.42 Å². The Hall–Kier alpha value is -1.53. The summed E-state index contributed by atoms with van der Waals surface area (Å²) in [5, 5.41) is 9.21. The molecule has 0 saturated heterocycles. The quantitative estimate of drug-likeness (QED) is 0.615. The maximum Gasteiger partial charge on any atom is 0.303 e. The first kappa shape index (κ1) is 19.8. The van der Waals surface area contributed by atoms with E-state index in [2.05, 4.69) is 4.72 Å². The van der Waals surface area contributed by atoms with E-state index in [-0.39, 0.29) is 17.6 Å². The fourth-order valence-electron chi connectivity index (χ4n) is 3.33. The molecule has 0 unspecified atom stereocenters. The summed E-state index contributed by atoms with van der Waals surface area (Å²) in [5.41, 5.74) is 0.243. The molecule has 0 spiro atoms. The highest BCUT2D eigenvalue weighted by Crippen LogP contribution is 2.42. The van der Waals surface area contributed by atoms with Gasteiger partial charge < -0.3 is 5.11 Å². The van der Waals surface area contributed by atoms with Gasteiger partial charge in [0, 0.05) is 17.1 Å². The van der Waals surface area contributed by atoms with Crippen LogP contribution < -0.4 is 4.72 Å². The molecule has 1 aromatic rings. The highest BCUT2D eigenvalue weighted by molar-refractivity contribution is 7.92. The largest absolute Gasteiger partial charge is 0.481 e. The van der Waals surface area contributed by atoms with Gasteiger partial charge in [-0.3, -0.25) is 9.52 Å². The van der Waals surface area contributed by atoms with Crippen molar-refractivity contribution in [2.24, 2.45) is 5.41 Å². The van der Waals surface area contributed by atoms with Crippen LogP contribution in [-0.4, -0.2) is 25.2 Å². The van der Waals surface area contributed by atoms with E-state index in [9.17, 15) is 13.2 Å². The molecule has 1 fully saturated rings. The molecule has 25 heavy (non-hydrogen) atoms. The summed E-state index contributed by atoms with van der Waals surface area (Å²) < 4.78 is 27.8. The number of halogens is 1. The van der Waals surface area contributed by atoms with Gasteiger partial charge in [0.2, 0.25) is 10.0 Å². The van der Waals surface area contributed by atoms with Gasteiger partial charge in [0.15, 0.2) is 0 Å². The SMILES string of the molecule is O=C(O)CC/C=C\CC1(CS(=O)(=O)Nc2ccc(Cl)cc2)CCCC1. The molecule has 0 bridgehead atoms. The zero-order valence-corrected chi connectivity index (χ0v) is 15.7. The molecular formula is C18H24ClNO4S. The van der Waals surface area contributed by atoms with E-state index in [4.69, 9.17) is 16.7 Å². The van der Waals surface area contributed by atoms with Crippen LogP contribution >= 0.6 is 11.6 Å². The number of anilines is 1. The first-order valence-corrected chi connectivity index (χ1v) is 10.5. The molecule has 138 valence electrons. The van der Waals surface area contributed by atoms with Crippen LogP contribution in [0, 0.1) is 5.41 Å². The molecule has 1 aliphatic rings. The van der Waals surface area contributed by atoms with Gasteiger partial charge in [0.1, 0.15) is 0 Å². The van der Waals surface area contributed by atoms with E-state index in [1.807, 2.05) is 12.2 Å². The monoisotopic (exact) mass is 385 g/mol. The maximum atomic E-state index is 12.6. The van der Waals surface area contributed by atoms with Crippen LogP contribution in [0.3, 0.4) is 0 Å². The molecular weight excluding hydrogens is 362 g/mol. The number of allylic oxidation sites excluding steroid dienone is 2. The van der Waals surface area contributed by atoms with Crippen molar-refractivity contribution in [1.29, 1.82) is 0 Å². The van der Waals surface area contributed by atoms with E-state index < -0.39 is 16.0 Å². The van der Waals surface area contributed by atoms with Crippen molar-refractivity contribution in [2.45, 2.75) is 44.9 Å². The zero-order valence-electron chi connectivity index (χ0n) is 14.1. The van der Waals surface area contributed by atoms with Crippen molar-refractivity contribution < 1.29 is 18.3 Å². The van der Waals surface area contributed by atoms with E-state index in [1.54, 1.807) is 24.3 Å². The molecule has 2 N–H and O–H groups in total. The Morgan fingerprint density at radius 3 is 2.44 bits per heavy atom. The van der Waals surface area contributed by atoms with Crippen molar-refractivity contribution in [3.8, 4) is 0 Å². The van der Waals surface area contributed by atoms with Crippen LogP contribution in [0.1, 0.15) is 44.9 Å². The topological polar surface area (TPSA) is 83.5 Å². The van der Waals surface area contributed by atoms with Gasteiger partial charge >= 0.3 is 5.97 Å². The van der Waals surface area contributed by atoms with E-state index in [0.29, 0.717) is 23.6 Å². The normalized spacial score (nSPS) is 17.0. The third kappa shape index (κ3) is 6.71. The number of aliphatic carboxylic acids is 1. The number of benzene rings is 1. The van der Waals surface area contributed by atoms with Crippen LogP contribution in [0.15, 0.2) is 36.4 Å². The van der Waals surface area contributed by atoms with Crippen LogP contribution in [0.4, 0.5) is 5.69 Å². The van der Waals surface area contributed by atoms with Crippen molar-refractivity contribution in [1.82, 2.24) is 0 Å². The minimum atomic E-state index is -3.47. The first-order chi connectivity index (χ1) is 11.8. The van der Waals surface area contributed by atoms with Crippen LogP contribution in [0.25, 0.3) is 0 Å². The van der Waals surface area contributed by atoms with Gasteiger partial charge in [-0.2, -0.15) is 0 Å². The summed E-state index contributed by atoms with van der Waals surface area (Å²) in [4.78, 5) is 10.5. The summed E-state index contributed by atoms with van der Waals surface area (Å²) in [6, 6.07) is 6.59. The highest BCUT2D eigenvalue weighted by Gasteiger charge is 2.37. The number of hydrogen-bond donors (Lipinski definition) is 2. The average Bonchev–Trinajstić information content (AvgIpc) is 2.96. The number of carboxylic acids is 1. The van der Waals surface area contributed by atoms with Gasteiger partial charge in [0.05, 0.1) is 5.75 Å². The third-order valence-corrected chi connectivity index (χ3v) is 6.31. The van der Waals surface area contributed by atoms with Crippen LogP contribution in [0.5, 0.6) is 0 Å². The lowest BCUT2D eigenvalue weighted by Gasteiger charge is -2.27. The fraction of sp³-hybridized carbons (Fsp3) is 0.500. The van der Waals surface area contributed by atoms with Gasteiger partial charge in [-0.1, -0.05) is 36.6 Å². The minimum Gasteiger partial charge on any atom is -0.481 e. The highest BCUT2D eigenvalue weighted by atomic mass is 35.5. The number of carbonyl (C=O) groups is 1. The average molecular weight is 386 g/mol. The molecule has 0 amide bonds. The molecule has 0 aromatic heterocycles. The number of nitrogens with one attached hydrogen (secondary N) is 1. The van der Waals surface area contributed by atoms with Gasteiger partial charge in [-0.15, -0.1) is 0 Å². The summed E-state index contributed by atoms with van der Waals surface area (Å²) in [6.07, 6.45) is 8.81. The van der Waals surface area contributed by atoms with E-state index in [0.717, 1.165) is 25.7 Å². The number of hydrogen-bond acceptors (Lipinski definition) is 3. The minimum absolute atomic E-state index is 0.0753. The van der Waals surface area contributed by atoms with E-state index >= 15 is 0 Å². The second-order valence-corrected chi connectivity index (χ2v) is 8.84. The fourth-order valence-corrected chi connectivity index (χ4v) is 5.23. The maximum absolute atomic E-state index is 12.6. The molecule has 0 aliphatic heterocycles. The molecule has 0 heterocycles. The molecule has 7 heteroatoms. The Balaban J connectivity index is 1.99. The number of carboxylic acid groups (broad SMARTS) is 1. The Kier molecular flexibility index (Phi) is 6.90. The summed E-state index contributed by atoms with van der Waals surface area (Å²) in [7, 11) is -3.47. The smallest absolute Gasteiger partial charge is 0.303 e. The van der Waals surface area contributed by atoms with Crippen LogP contribution in [-0.2, 0) is 14.8 Å². The predicted molar refractivity (Wildman–Crippen MR) is 100 cm³/mol. The molecule has 1 aliphatic carbocycles. The summed E-state index contributed by atoms with van der Waals surface area (Å²) in [6.45, 7) is 0. The molecule has 0 radical (unpaired) electrons. The molecule has 1 saturated carbocycles. The van der Waals surface area contributed by atoms with Gasteiger partial charge in [0.25, 0.3) is 0 Å². The Morgan fingerprint density at radius 2 is 1.84 bits per heavy atom. The lowest BCUT2D eigenvalue weighted by molar-refractivity contribution is -0.136.